The number of carbonyl (C=O) groups is 3. The molecule has 0 saturated carbocycles. The summed E-state index contributed by atoms with van der Waals surface area (Å²) < 4.78 is 2.17. The molecule has 32 heavy (non-hydrogen) atoms. The van der Waals surface area contributed by atoms with Crippen LogP contribution in [0.1, 0.15) is 48.3 Å². The van der Waals surface area contributed by atoms with Gasteiger partial charge in [-0.05, 0) is 49.2 Å². The summed E-state index contributed by atoms with van der Waals surface area (Å²) in [5, 5.41) is 11.7. The number of benzene rings is 2. The second-order valence-corrected chi connectivity index (χ2v) is 8.11. The van der Waals surface area contributed by atoms with Crippen molar-refractivity contribution in [3.63, 3.8) is 0 Å². The monoisotopic (exact) mass is 429 g/mol. The fourth-order valence-corrected chi connectivity index (χ4v) is 4.26. The Bertz CT molecular complexity index is 1180. The van der Waals surface area contributed by atoms with Crippen molar-refractivity contribution in [2.75, 3.05) is 10.2 Å². The summed E-state index contributed by atoms with van der Waals surface area (Å²) in [6.07, 6.45) is 4.83. The van der Waals surface area contributed by atoms with Crippen LogP contribution >= 0.6 is 0 Å². The van der Waals surface area contributed by atoms with Gasteiger partial charge in [-0.3, -0.25) is 19.3 Å². The smallest absolute Gasteiger partial charge is 0.255 e. The molecule has 5 rings (SSSR count). The van der Waals surface area contributed by atoms with E-state index in [1.54, 1.807) is 24.3 Å². The molecule has 3 heterocycles. The van der Waals surface area contributed by atoms with Gasteiger partial charge in [0.15, 0.2) is 5.82 Å². The molecule has 8 heteroatoms. The lowest BCUT2D eigenvalue weighted by Gasteiger charge is -2.14. The van der Waals surface area contributed by atoms with E-state index in [1.165, 1.54) is 11.3 Å². The van der Waals surface area contributed by atoms with Crippen molar-refractivity contribution >= 4 is 29.1 Å². The van der Waals surface area contributed by atoms with Gasteiger partial charge in [-0.1, -0.05) is 18.6 Å². The first-order valence-corrected chi connectivity index (χ1v) is 10.9. The predicted molar refractivity (Wildman–Crippen MR) is 119 cm³/mol. The van der Waals surface area contributed by atoms with Crippen LogP contribution in [0.2, 0.25) is 0 Å². The molecule has 2 aliphatic rings. The van der Waals surface area contributed by atoms with Gasteiger partial charge in [0.2, 0.25) is 11.8 Å². The van der Waals surface area contributed by atoms with Crippen LogP contribution in [-0.2, 0) is 22.6 Å². The number of aryl methyl sites for hydroxylation is 1. The molecule has 0 bridgehead atoms. The molecule has 0 atom stereocenters. The highest BCUT2D eigenvalue weighted by Crippen LogP contribution is 2.26. The summed E-state index contributed by atoms with van der Waals surface area (Å²) in [7, 11) is 0. The van der Waals surface area contributed by atoms with Crippen molar-refractivity contribution in [2.45, 2.75) is 45.1 Å². The van der Waals surface area contributed by atoms with E-state index in [-0.39, 0.29) is 30.6 Å². The number of rotatable bonds is 4. The fraction of sp³-hybridized carbons (Fsp3) is 0.292. The Morgan fingerprint density at radius 3 is 2.44 bits per heavy atom. The Kier molecular flexibility index (Phi) is 5.26. The van der Waals surface area contributed by atoms with Gasteiger partial charge in [0.25, 0.3) is 5.91 Å². The van der Waals surface area contributed by atoms with E-state index in [2.05, 4.69) is 20.1 Å². The van der Waals surface area contributed by atoms with E-state index in [0.29, 0.717) is 16.9 Å². The number of carbonyl (C=O) groups excluding carboxylic acids is 3. The minimum atomic E-state index is -0.271. The summed E-state index contributed by atoms with van der Waals surface area (Å²) in [6.45, 7) is 0.905. The maximum Gasteiger partial charge on any atom is 0.255 e. The van der Waals surface area contributed by atoms with Crippen LogP contribution in [0.25, 0.3) is 11.4 Å². The maximum absolute atomic E-state index is 12.8. The molecule has 3 aromatic rings. The normalized spacial score (nSPS) is 16.1. The number of fused-ring (bicyclic) bond motifs is 1. The lowest BCUT2D eigenvalue weighted by Crippen LogP contribution is -2.28. The zero-order chi connectivity index (χ0) is 22.1. The highest BCUT2D eigenvalue weighted by molar-refractivity contribution is 6.20. The molecular weight excluding hydrogens is 406 g/mol. The van der Waals surface area contributed by atoms with Crippen molar-refractivity contribution in [3.05, 3.63) is 59.9 Å². The lowest BCUT2D eigenvalue weighted by atomic mass is 10.1. The number of aromatic nitrogens is 3. The summed E-state index contributed by atoms with van der Waals surface area (Å²) in [5.41, 5.74) is 2.50. The van der Waals surface area contributed by atoms with Crippen LogP contribution in [0.15, 0.2) is 48.5 Å². The first-order valence-electron chi connectivity index (χ1n) is 10.9. The van der Waals surface area contributed by atoms with Crippen LogP contribution < -0.4 is 10.2 Å². The van der Waals surface area contributed by atoms with Crippen LogP contribution in [0.4, 0.5) is 11.4 Å². The highest BCUT2D eigenvalue weighted by Gasteiger charge is 2.30. The van der Waals surface area contributed by atoms with Crippen LogP contribution in [0.3, 0.4) is 0 Å². The van der Waals surface area contributed by atoms with Gasteiger partial charge >= 0.3 is 0 Å². The zero-order valence-corrected chi connectivity index (χ0v) is 17.6. The van der Waals surface area contributed by atoms with Crippen LogP contribution in [0.5, 0.6) is 0 Å². The van der Waals surface area contributed by atoms with Gasteiger partial charge in [0.1, 0.15) is 5.82 Å². The molecule has 0 radical (unpaired) electrons. The topological polar surface area (TPSA) is 97.2 Å². The molecule has 2 aromatic carbocycles. The number of amides is 3. The standard InChI is InChI=1S/C24H23N5O3/c30-21-12-13-22(31)29(21)19-10-8-16(9-11-19)24(32)25-18-6-4-5-17(15-18)23-27-26-20-7-2-1-3-14-28(20)23/h4-6,8-11,15H,1-3,7,12-14H2,(H,25,32). The number of nitrogens with zero attached hydrogens (tertiary/aromatic N) is 4. The third kappa shape index (κ3) is 3.79. The molecule has 8 nitrogen and oxygen atoms in total. The molecule has 2 aliphatic heterocycles. The summed E-state index contributed by atoms with van der Waals surface area (Å²) in [6, 6.07) is 14.1. The van der Waals surface area contributed by atoms with Gasteiger partial charge in [0, 0.05) is 42.6 Å². The first-order chi connectivity index (χ1) is 15.6. The SMILES string of the molecule is O=C(Nc1cccc(-c2nnc3n2CCCCC3)c1)c1ccc(N2C(=O)CCC2=O)cc1. The fourth-order valence-electron chi connectivity index (χ4n) is 4.26. The molecule has 1 aromatic heterocycles. The number of nitrogens with one attached hydrogen (secondary N) is 1. The van der Waals surface area contributed by atoms with Gasteiger partial charge in [0.05, 0.1) is 5.69 Å². The number of hydrogen-bond acceptors (Lipinski definition) is 5. The minimum absolute atomic E-state index is 0.213. The summed E-state index contributed by atoms with van der Waals surface area (Å²) in [4.78, 5) is 37.7. The van der Waals surface area contributed by atoms with Crippen molar-refractivity contribution in [2.24, 2.45) is 0 Å². The van der Waals surface area contributed by atoms with Crippen molar-refractivity contribution in [1.82, 2.24) is 14.8 Å². The summed E-state index contributed by atoms with van der Waals surface area (Å²) in [5.74, 6) is 1.14. The van der Waals surface area contributed by atoms with Crippen molar-refractivity contribution < 1.29 is 14.4 Å². The molecule has 162 valence electrons. The van der Waals surface area contributed by atoms with E-state index in [9.17, 15) is 14.4 Å². The Morgan fingerprint density at radius 2 is 1.66 bits per heavy atom. The largest absolute Gasteiger partial charge is 0.322 e. The zero-order valence-electron chi connectivity index (χ0n) is 17.6. The van der Waals surface area contributed by atoms with Gasteiger partial charge in [-0.2, -0.15) is 0 Å². The number of anilines is 2. The van der Waals surface area contributed by atoms with Crippen molar-refractivity contribution in [3.8, 4) is 11.4 Å². The van der Waals surface area contributed by atoms with Gasteiger partial charge in [-0.15, -0.1) is 10.2 Å². The molecular formula is C24H23N5O3. The Labute approximate surface area is 185 Å². The maximum atomic E-state index is 12.8. The van der Waals surface area contributed by atoms with E-state index in [0.717, 1.165) is 43.0 Å². The number of hydrogen-bond donors (Lipinski definition) is 1. The Balaban J connectivity index is 1.33. The molecule has 1 saturated heterocycles. The third-order valence-corrected chi connectivity index (χ3v) is 5.93. The van der Waals surface area contributed by atoms with Gasteiger partial charge in [-0.25, -0.2) is 0 Å². The van der Waals surface area contributed by atoms with E-state index < -0.39 is 0 Å². The Hall–Kier alpha value is -3.81. The highest BCUT2D eigenvalue weighted by atomic mass is 16.2. The Morgan fingerprint density at radius 1 is 0.875 bits per heavy atom. The second kappa shape index (κ2) is 8.37. The molecule has 0 unspecified atom stereocenters. The van der Waals surface area contributed by atoms with E-state index in [1.807, 2.05) is 24.3 Å². The molecule has 0 aliphatic carbocycles. The second-order valence-electron chi connectivity index (χ2n) is 8.11. The quantitative estimate of drug-likeness (QED) is 0.640. The molecule has 1 N–H and O–H groups in total. The average Bonchev–Trinajstić information content (AvgIpc) is 3.27. The molecule has 1 fully saturated rings. The predicted octanol–water partition coefficient (Wildman–Crippen LogP) is 3.58. The average molecular weight is 429 g/mol. The first kappa shape index (κ1) is 20.1. The van der Waals surface area contributed by atoms with Crippen LogP contribution in [-0.4, -0.2) is 32.5 Å². The van der Waals surface area contributed by atoms with Gasteiger partial charge < -0.3 is 9.88 Å². The van der Waals surface area contributed by atoms with Crippen LogP contribution in [0, 0.1) is 0 Å². The molecule has 0 spiro atoms. The summed E-state index contributed by atoms with van der Waals surface area (Å²) >= 11 is 0. The third-order valence-electron chi connectivity index (χ3n) is 5.93. The van der Waals surface area contributed by atoms with E-state index >= 15 is 0 Å². The lowest BCUT2D eigenvalue weighted by molar-refractivity contribution is -0.121. The number of imide groups is 1. The molecule has 3 amide bonds. The minimum Gasteiger partial charge on any atom is -0.322 e. The van der Waals surface area contributed by atoms with E-state index in [4.69, 9.17) is 0 Å². The van der Waals surface area contributed by atoms with Crippen molar-refractivity contribution in [1.29, 1.82) is 0 Å².